The highest BCUT2D eigenvalue weighted by Gasteiger charge is 2.28. The Hall–Kier alpha value is -2.62. The second kappa shape index (κ2) is 7.66. The van der Waals surface area contributed by atoms with Gasteiger partial charge < -0.3 is 9.73 Å². The van der Waals surface area contributed by atoms with Crippen LogP contribution in [0.2, 0.25) is 5.02 Å². The minimum Gasteiger partial charge on any atom is -0.408 e. The number of para-hydroxylation sites is 1. The van der Waals surface area contributed by atoms with Crippen molar-refractivity contribution in [2.45, 2.75) is 24.3 Å². The Balaban J connectivity index is 1.61. The first kappa shape index (κ1) is 19.7. The average Bonchev–Trinajstić information content (AvgIpc) is 3.32. The fourth-order valence-corrected chi connectivity index (χ4v) is 5.05. The fourth-order valence-electron chi connectivity index (χ4n) is 3.33. The molecule has 4 rings (SSSR count). The molecule has 29 heavy (non-hydrogen) atoms. The molecule has 8 nitrogen and oxygen atoms in total. The number of fused-ring (bicyclic) bond motifs is 1. The number of benzene rings is 2. The number of hydrogen-bond acceptors (Lipinski definition) is 5. The molecule has 10 heteroatoms. The number of rotatable bonds is 5. The van der Waals surface area contributed by atoms with Gasteiger partial charge >= 0.3 is 5.76 Å². The van der Waals surface area contributed by atoms with Crippen LogP contribution in [-0.4, -0.2) is 36.3 Å². The number of oxazole rings is 1. The standard InChI is InChI=1S/C19H18ClN3O5S/c20-14-5-1-2-6-15(14)21-18(24)12-23-16-8-7-13(11-17(16)28-19(23)25)29(26,27)22-9-3-4-10-22/h1-2,5-8,11H,3-4,9-10,12H2,(H,21,24). The van der Waals surface area contributed by atoms with Gasteiger partial charge in [0.25, 0.3) is 0 Å². The summed E-state index contributed by atoms with van der Waals surface area (Å²) in [6.07, 6.45) is 1.65. The first-order valence-corrected chi connectivity index (χ1v) is 10.9. The summed E-state index contributed by atoms with van der Waals surface area (Å²) in [7, 11) is -3.63. The highest BCUT2D eigenvalue weighted by atomic mass is 35.5. The summed E-state index contributed by atoms with van der Waals surface area (Å²) < 4.78 is 33.2. The quantitative estimate of drug-likeness (QED) is 0.663. The summed E-state index contributed by atoms with van der Waals surface area (Å²) in [5, 5.41) is 3.02. The van der Waals surface area contributed by atoms with Crippen LogP contribution in [0.3, 0.4) is 0 Å². The smallest absolute Gasteiger partial charge is 0.408 e. The molecule has 1 aromatic heterocycles. The number of nitrogens with one attached hydrogen (secondary N) is 1. The minimum absolute atomic E-state index is 0.0633. The Morgan fingerprint density at radius 2 is 1.86 bits per heavy atom. The van der Waals surface area contributed by atoms with Crippen molar-refractivity contribution in [2.24, 2.45) is 0 Å². The zero-order valence-corrected chi connectivity index (χ0v) is 16.9. The van der Waals surface area contributed by atoms with E-state index in [0.29, 0.717) is 29.3 Å². The number of sulfonamides is 1. The monoisotopic (exact) mass is 435 g/mol. The van der Waals surface area contributed by atoms with Gasteiger partial charge in [-0.3, -0.25) is 9.36 Å². The summed E-state index contributed by atoms with van der Waals surface area (Å²) in [5.74, 6) is -1.21. The number of anilines is 1. The van der Waals surface area contributed by atoms with Gasteiger partial charge in [0.2, 0.25) is 15.9 Å². The second-order valence-corrected chi connectivity index (χ2v) is 9.07. The van der Waals surface area contributed by atoms with Gasteiger partial charge in [-0.1, -0.05) is 23.7 Å². The van der Waals surface area contributed by atoms with E-state index in [2.05, 4.69) is 5.32 Å². The summed E-state index contributed by atoms with van der Waals surface area (Å²) in [6, 6.07) is 11.0. The molecule has 0 radical (unpaired) electrons. The van der Waals surface area contributed by atoms with Gasteiger partial charge in [-0.05, 0) is 37.1 Å². The zero-order valence-electron chi connectivity index (χ0n) is 15.3. The van der Waals surface area contributed by atoms with Gasteiger partial charge in [0, 0.05) is 19.2 Å². The van der Waals surface area contributed by atoms with Crippen molar-refractivity contribution in [3.8, 4) is 0 Å². The van der Waals surface area contributed by atoms with Gasteiger partial charge in [-0.25, -0.2) is 13.2 Å². The van der Waals surface area contributed by atoms with Crippen LogP contribution in [0, 0.1) is 0 Å². The number of carbonyl (C=O) groups is 1. The maximum absolute atomic E-state index is 12.7. The lowest BCUT2D eigenvalue weighted by Crippen LogP contribution is -2.27. The molecule has 3 aromatic rings. The molecule has 1 aliphatic rings. The van der Waals surface area contributed by atoms with Gasteiger partial charge in [-0.2, -0.15) is 4.31 Å². The minimum atomic E-state index is -3.63. The number of halogens is 1. The van der Waals surface area contributed by atoms with Crippen LogP contribution in [0.5, 0.6) is 0 Å². The molecule has 2 heterocycles. The molecule has 1 aliphatic heterocycles. The maximum Gasteiger partial charge on any atom is 0.420 e. The van der Waals surface area contributed by atoms with E-state index in [1.54, 1.807) is 24.3 Å². The lowest BCUT2D eigenvalue weighted by molar-refractivity contribution is -0.116. The summed E-state index contributed by atoms with van der Waals surface area (Å²) in [5.41, 5.74) is 0.879. The molecular weight excluding hydrogens is 418 g/mol. The van der Waals surface area contributed by atoms with Crippen molar-refractivity contribution in [1.29, 1.82) is 0 Å². The summed E-state index contributed by atoms with van der Waals surface area (Å²) in [6.45, 7) is 0.663. The van der Waals surface area contributed by atoms with Crippen molar-refractivity contribution in [3.63, 3.8) is 0 Å². The molecule has 0 atom stereocenters. The van der Waals surface area contributed by atoms with E-state index in [1.807, 2.05) is 0 Å². The first-order chi connectivity index (χ1) is 13.9. The van der Waals surface area contributed by atoms with E-state index < -0.39 is 21.7 Å². The molecule has 0 bridgehead atoms. The Morgan fingerprint density at radius 3 is 2.59 bits per heavy atom. The molecule has 0 spiro atoms. The molecule has 0 saturated carbocycles. The molecule has 0 aliphatic carbocycles. The largest absolute Gasteiger partial charge is 0.420 e. The summed E-state index contributed by atoms with van der Waals surface area (Å²) >= 11 is 6.03. The topological polar surface area (TPSA) is 102 Å². The number of amides is 1. The van der Waals surface area contributed by atoms with E-state index in [1.165, 1.54) is 22.5 Å². The van der Waals surface area contributed by atoms with Crippen LogP contribution in [0.4, 0.5) is 5.69 Å². The highest BCUT2D eigenvalue weighted by molar-refractivity contribution is 7.89. The zero-order chi connectivity index (χ0) is 20.6. The van der Waals surface area contributed by atoms with Gasteiger partial charge in [0.15, 0.2) is 5.58 Å². The Morgan fingerprint density at radius 1 is 1.14 bits per heavy atom. The van der Waals surface area contributed by atoms with Crippen LogP contribution < -0.4 is 11.1 Å². The fraction of sp³-hybridized carbons (Fsp3) is 0.263. The van der Waals surface area contributed by atoms with E-state index in [4.69, 9.17) is 16.0 Å². The van der Waals surface area contributed by atoms with Crippen LogP contribution >= 0.6 is 11.6 Å². The van der Waals surface area contributed by atoms with Crippen LogP contribution in [0.25, 0.3) is 11.1 Å². The summed E-state index contributed by atoms with van der Waals surface area (Å²) in [4.78, 5) is 24.7. The predicted molar refractivity (Wildman–Crippen MR) is 109 cm³/mol. The number of nitrogens with zero attached hydrogens (tertiary/aromatic N) is 2. The third-order valence-corrected chi connectivity index (χ3v) is 7.02. The predicted octanol–water partition coefficient (Wildman–Crippen LogP) is 2.67. The van der Waals surface area contributed by atoms with Crippen molar-refractivity contribution < 1.29 is 17.6 Å². The van der Waals surface area contributed by atoms with Gasteiger partial charge in [-0.15, -0.1) is 0 Å². The normalized spacial score (nSPS) is 15.1. The van der Waals surface area contributed by atoms with E-state index in [0.717, 1.165) is 17.4 Å². The van der Waals surface area contributed by atoms with E-state index in [9.17, 15) is 18.0 Å². The Labute approximate surface area is 171 Å². The van der Waals surface area contributed by atoms with Gasteiger partial charge in [0.05, 0.1) is 21.1 Å². The molecule has 1 fully saturated rings. The van der Waals surface area contributed by atoms with E-state index in [-0.39, 0.29) is 17.0 Å². The average molecular weight is 436 g/mol. The molecular formula is C19H18ClN3O5S. The van der Waals surface area contributed by atoms with Crippen molar-refractivity contribution >= 4 is 44.3 Å². The maximum atomic E-state index is 12.7. The Kier molecular flexibility index (Phi) is 5.20. The van der Waals surface area contributed by atoms with Crippen LogP contribution in [0.15, 0.2) is 56.6 Å². The highest BCUT2D eigenvalue weighted by Crippen LogP contribution is 2.25. The molecule has 1 amide bonds. The SMILES string of the molecule is O=C(Cn1c(=O)oc2cc(S(=O)(=O)N3CCCC3)ccc21)Nc1ccccc1Cl. The lowest BCUT2D eigenvalue weighted by Gasteiger charge is -2.15. The molecule has 1 N–H and O–H groups in total. The van der Waals surface area contributed by atoms with Crippen LogP contribution in [-0.2, 0) is 21.4 Å². The number of hydrogen-bond donors (Lipinski definition) is 1. The van der Waals surface area contributed by atoms with Crippen LogP contribution in [0.1, 0.15) is 12.8 Å². The molecule has 1 saturated heterocycles. The third kappa shape index (κ3) is 3.81. The van der Waals surface area contributed by atoms with Crippen molar-refractivity contribution in [2.75, 3.05) is 18.4 Å². The van der Waals surface area contributed by atoms with Crippen molar-refractivity contribution in [3.05, 3.63) is 58.0 Å². The molecule has 2 aromatic carbocycles. The lowest BCUT2D eigenvalue weighted by atomic mass is 10.3. The van der Waals surface area contributed by atoms with Gasteiger partial charge in [0.1, 0.15) is 6.54 Å². The first-order valence-electron chi connectivity index (χ1n) is 9.04. The number of aromatic nitrogens is 1. The molecule has 152 valence electrons. The second-order valence-electron chi connectivity index (χ2n) is 6.72. The molecule has 0 unspecified atom stereocenters. The Bertz CT molecular complexity index is 1240. The third-order valence-electron chi connectivity index (χ3n) is 4.79. The van der Waals surface area contributed by atoms with E-state index >= 15 is 0 Å². The van der Waals surface area contributed by atoms with Crippen molar-refractivity contribution in [1.82, 2.24) is 8.87 Å². The number of carbonyl (C=O) groups excluding carboxylic acids is 1.